The van der Waals surface area contributed by atoms with Crippen molar-refractivity contribution in [3.05, 3.63) is 40.7 Å². The molecule has 33 heavy (non-hydrogen) atoms. The van der Waals surface area contributed by atoms with Crippen molar-refractivity contribution in [1.82, 2.24) is 19.1 Å². The van der Waals surface area contributed by atoms with Crippen molar-refractivity contribution in [2.24, 2.45) is 7.05 Å². The van der Waals surface area contributed by atoms with Crippen LogP contribution in [0.2, 0.25) is 0 Å². The summed E-state index contributed by atoms with van der Waals surface area (Å²) in [7, 11) is -1.85. The number of phenolic OH excluding ortho intramolecular Hbond substituents is 1. The molecule has 9 nitrogen and oxygen atoms in total. The average molecular weight is 474 g/mol. The van der Waals surface area contributed by atoms with E-state index in [1.165, 1.54) is 22.5 Å². The Kier molecular flexibility index (Phi) is 7.08. The minimum absolute atomic E-state index is 0.0210. The van der Waals surface area contributed by atoms with E-state index in [2.05, 4.69) is 15.4 Å². The molecule has 0 aliphatic carbocycles. The van der Waals surface area contributed by atoms with Crippen LogP contribution in [0.15, 0.2) is 23.1 Å². The van der Waals surface area contributed by atoms with Crippen LogP contribution in [-0.4, -0.2) is 51.6 Å². The summed E-state index contributed by atoms with van der Waals surface area (Å²) < 4.78 is 28.6. The molecular formula is C23H31N5O4S. The first kappa shape index (κ1) is 24.7. The number of aromatic nitrogens is 3. The lowest BCUT2D eigenvalue weighted by atomic mass is 9.99. The second kappa shape index (κ2) is 9.48. The lowest BCUT2D eigenvalue weighted by molar-refractivity contribution is -0.116. The first-order valence-electron chi connectivity index (χ1n) is 10.9. The maximum atomic E-state index is 12.8. The van der Waals surface area contributed by atoms with Gasteiger partial charge in [-0.05, 0) is 56.5 Å². The molecule has 0 saturated carbocycles. The second-order valence-corrected chi connectivity index (χ2v) is 9.96. The van der Waals surface area contributed by atoms with Gasteiger partial charge in [-0.1, -0.05) is 13.8 Å². The molecule has 1 amide bonds. The molecule has 0 radical (unpaired) electrons. The van der Waals surface area contributed by atoms with Crippen LogP contribution in [0.3, 0.4) is 0 Å². The predicted molar refractivity (Wildman–Crippen MR) is 128 cm³/mol. The van der Waals surface area contributed by atoms with E-state index >= 15 is 0 Å². The van der Waals surface area contributed by atoms with Crippen molar-refractivity contribution in [2.75, 3.05) is 18.4 Å². The van der Waals surface area contributed by atoms with E-state index in [0.29, 0.717) is 19.5 Å². The van der Waals surface area contributed by atoms with Gasteiger partial charge >= 0.3 is 0 Å². The monoisotopic (exact) mass is 473 g/mol. The molecule has 178 valence electrons. The molecule has 0 unspecified atom stereocenters. The molecule has 3 aromatic rings. The van der Waals surface area contributed by atoms with Gasteiger partial charge in [-0.15, -0.1) is 0 Å². The van der Waals surface area contributed by atoms with Crippen molar-refractivity contribution in [3.63, 3.8) is 0 Å². The van der Waals surface area contributed by atoms with E-state index in [9.17, 15) is 18.3 Å². The molecule has 10 heteroatoms. The van der Waals surface area contributed by atoms with Crippen molar-refractivity contribution >= 4 is 32.7 Å². The minimum atomic E-state index is -3.71. The predicted octanol–water partition coefficient (Wildman–Crippen LogP) is 3.20. The largest absolute Gasteiger partial charge is 0.506 e. The van der Waals surface area contributed by atoms with Gasteiger partial charge in [0.25, 0.3) is 0 Å². The first-order chi connectivity index (χ1) is 15.5. The first-order valence-corrected chi connectivity index (χ1v) is 12.4. The zero-order valence-corrected chi connectivity index (χ0v) is 20.7. The topological polar surface area (TPSA) is 117 Å². The maximum Gasteiger partial charge on any atom is 0.243 e. The molecule has 0 bridgehead atoms. The fraction of sp³-hybridized carbons (Fsp3) is 0.435. The van der Waals surface area contributed by atoms with Crippen LogP contribution < -0.4 is 5.32 Å². The number of hydrogen-bond donors (Lipinski definition) is 2. The number of benzene rings is 1. The number of phenols is 1. The Morgan fingerprint density at radius 1 is 1.15 bits per heavy atom. The summed E-state index contributed by atoms with van der Waals surface area (Å²) in [6, 6.07) is 3.91. The SMILES string of the molecule is CCN(CC)S(=O)(=O)c1ccc(O)c(NC(=O)CCc2c(C)nc3c(c(C)nn3C)c2C)c1. The van der Waals surface area contributed by atoms with E-state index in [4.69, 9.17) is 0 Å². The Morgan fingerprint density at radius 3 is 2.45 bits per heavy atom. The van der Waals surface area contributed by atoms with Gasteiger partial charge in [-0.3, -0.25) is 9.48 Å². The molecule has 0 aliphatic rings. The van der Waals surface area contributed by atoms with Gasteiger partial charge in [-0.2, -0.15) is 9.40 Å². The van der Waals surface area contributed by atoms with Crippen molar-refractivity contribution in [2.45, 2.75) is 52.4 Å². The number of sulfonamides is 1. The number of hydrogen-bond acceptors (Lipinski definition) is 6. The Bertz CT molecular complexity index is 1310. The number of rotatable bonds is 8. The highest BCUT2D eigenvalue weighted by molar-refractivity contribution is 7.89. The number of aromatic hydroxyl groups is 1. The zero-order valence-electron chi connectivity index (χ0n) is 19.9. The molecule has 0 spiro atoms. The number of fused-ring (bicyclic) bond motifs is 1. The summed E-state index contributed by atoms with van der Waals surface area (Å²) >= 11 is 0. The number of pyridine rings is 1. The average Bonchev–Trinajstić information content (AvgIpc) is 3.03. The zero-order chi connectivity index (χ0) is 24.5. The van der Waals surface area contributed by atoms with Crippen LogP contribution in [0, 0.1) is 20.8 Å². The fourth-order valence-corrected chi connectivity index (χ4v) is 5.65. The molecule has 2 heterocycles. The van der Waals surface area contributed by atoms with Gasteiger partial charge in [-0.25, -0.2) is 13.4 Å². The molecule has 2 N–H and O–H groups in total. The second-order valence-electron chi connectivity index (χ2n) is 8.02. The number of aryl methyl sites for hydroxylation is 4. The summed E-state index contributed by atoms with van der Waals surface area (Å²) in [4.78, 5) is 17.4. The van der Waals surface area contributed by atoms with Crippen LogP contribution in [0.25, 0.3) is 11.0 Å². The smallest absolute Gasteiger partial charge is 0.243 e. The molecule has 0 atom stereocenters. The van der Waals surface area contributed by atoms with Crippen molar-refractivity contribution < 1.29 is 18.3 Å². The maximum absolute atomic E-state index is 12.8. The lowest BCUT2D eigenvalue weighted by Gasteiger charge is -2.19. The molecule has 0 fully saturated rings. The third-order valence-electron chi connectivity index (χ3n) is 5.92. The Labute approximate surface area is 194 Å². The fourth-order valence-electron chi connectivity index (χ4n) is 4.17. The van der Waals surface area contributed by atoms with Crippen LogP contribution in [0.4, 0.5) is 5.69 Å². The number of nitrogens with one attached hydrogen (secondary N) is 1. The molecular weight excluding hydrogens is 442 g/mol. The molecule has 0 saturated heterocycles. The normalized spacial score (nSPS) is 12.0. The van der Waals surface area contributed by atoms with Crippen LogP contribution >= 0.6 is 0 Å². The van der Waals surface area contributed by atoms with Crippen LogP contribution in [0.1, 0.15) is 42.8 Å². The highest BCUT2D eigenvalue weighted by atomic mass is 32.2. The van der Waals surface area contributed by atoms with Gasteiger partial charge in [0.1, 0.15) is 5.75 Å². The number of amides is 1. The van der Waals surface area contributed by atoms with E-state index in [0.717, 1.165) is 33.5 Å². The highest BCUT2D eigenvalue weighted by Crippen LogP contribution is 2.29. The van der Waals surface area contributed by atoms with Gasteiger partial charge in [0, 0.05) is 37.6 Å². The third-order valence-corrected chi connectivity index (χ3v) is 7.96. The molecule has 2 aromatic heterocycles. The Hall–Kier alpha value is -2.98. The number of carbonyl (C=O) groups is 1. The van der Waals surface area contributed by atoms with Crippen molar-refractivity contribution in [3.8, 4) is 5.75 Å². The Balaban J connectivity index is 1.80. The summed E-state index contributed by atoms with van der Waals surface area (Å²) in [6.07, 6.45) is 0.611. The van der Waals surface area contributed by atoms with E-state index < -0.39 is 10.0 Å². The van der Waals surface area contributed by atoms with Gasteiger partial charge in [0.2, 0.25) is 15.9 Å². The van der Waals surface area contributed by atoms with E-state index in [1.807, 2.05) is 27.8 Å². The van der Waals surface area contributed by atoms with Gasteiger partial charge < -0.3 is 10.4 Å². The quantitative estimate of drug-likeness (QED) is 0.485. The van der Waals surface area contributed by atoms with Crippen LogP contribution in [0.5, 0.6) is 5.75 Å². The summed E-state index contributed by atoms with van der Waals surface area (Å²) in [5, 5.41) is 18.3. The highest BCUT2D eigenvalue weighted by Gasteiger charge is 2.23. The number of anilines is 1. The summed E-state index contributed by atoms with van der Waals surface area (Å²) in [6.45, 7) is 10.0. The molecule has 0 aliphatic heterocycles. The number of nitrogens with zero attached hydrogens (tertiary/aromatic N) is 4. The number of carbonyl (C=O) groups excluding carboxylic acids is 1. The summed E-state index contributed by atoms with van der Waals surface area (Å²) in [5.41, 5.74) is 4.64. The lowest BCUT2D eigenvalue weighted by Crippen LogP contribution is -2.30. The molecule has 3 rings (SSSR count). The standard InChI is InChI=1S/C23H31N5O4S/c1-7-28(8-2)33(31,32)17-9-11-20(29)19(13-17)25-21(30)12-10-18-14(3)22-16(5)26-27(6)23(22)24-15(18)4/h9,11,13,29H,7-8,10,12H2,1-6H3,(H,25,30). The van der Waals surface area contributed by atoms with Gasteiger partial charge in [0.05, 0.1) is 16.3 Å². The third kappa shape index (κ3) is 4.72. The Morgan fingerprint density at radius 2 is 1.82 bits per heavy atom. The minimum Gasteiger partial charge on any atom is -0.506 e. The van der Waals surface area contributed by atoms with E-state index in [-0.39, 0.29) is 28.7 Å². The van der Waals surface area contributed by atoms with Crippen molar-refractivity contribution in [1.29, 1.82) is 0 Å². The molecule has 1 aromatic carbocycles. The van der Waals surface area contributed by atoms with Crippen LogP contribution in [-0.2, 0) is 28.3 Å². The van der Waals surface area contributed by atoms with Gasteiger partial charge in [0.15, 0.2) is 5.65 Å². The van der Waals surface area contributed by atoms with E-state index in [1.54, 1.807) is 18.5 Å². The summed E-state index contributed by atoms with van der Waals surface area (Å²) in [5.74, 6) is -0.521.